The molecule has 0 aliphatic heterocycles. The molecule has 0 fully saturated rings. The summed E-state index contributed by atoms with van der Waals surface area (Å²) in [4.78, 5) is 29.9. The summed E-state index contributed by atoms with van der Waals surface area (Å²) in [6, 6.07) is 7.30. The van der Waals surface area contributed by atoms with Crippen LogP contribution < -0.4 is 11.0 Å². The van der Waals surface area contributed by atoms with Crippen LogP contribution in [-0.2, 0) is 10.2 Å². The first-order valence-electron chi connectivity index (χ1n) is 6.44. The highest BCUT2D eigenvalue weighted by Crippen LogP contribution is 2.24. The molecule has 1 aromatic carbocycles. The lowest BCUT2D eigenvalue weighted by atomic mass is 9.83. The van der Waals surface area contributed by atoms with E-state index in [4.69, 9.17) is 0 Å². The van der Waals surface area contributed by atoms with E-state index in [1.165, 1.54) is 12.1 Å². The van der Waals surface area contributed by atoms with Gasteiger partial charge in [-0.1, -0.05) is 12.1 Å². The molecule has 2 aromatic rings. The third-order valence-electron chi connectivity index (χ3n) is 3.25. The van der Waals surface area contributed by atoms with Gasteiger partial charge in [-0.3, -0.25) is 4.79 Å². The Morgan fingerprint density at radius 2 is 1.90 bits per heavy atom. The van der Waals surface area contributed by atoms with Gasteiger partial charge in [0.1, 0.15) is 11.6 Å². The van der Waals surface area contributed by atoms with E-state index in [0.29, 0.717) is 11.3 Å². The Labute approximate surface area is 121 Å². The van der Waals surface area contributed by atoms with E-state index in [9.17, 15) is 14.0 Å². The number of carbonyl (C=O) groups excluding carboxylic acids is 1. The highest BCUT2D eigenvalue weighted by atomic mass is 19.1. The highest BCUT2D eigenvalue weighted by Gasteiger charge is 2.30. The zero-order valence-electron chi connectivity index (χ0n) is 12.0. The minimum absolute atomic E-state index is 0.191. The summed E-state index contributed by atoms with van der Waals surface area (Å²) >= 11 is 0. The normalized spacial score (nSPS) is 11.2. The van der Waals surface area contributed by atoms with Crippen molar-refractivity contribution in [3.8, 4) is 0 Å². The zero-order valence-corrected chi connectivity index (χ0v) is 12.0. The summed E-state index contributed by atoms with van der Waals surface area (Å²) < 4.78 is 13.0. The second-order valence-corrected chi connectivity index (χ2v) is 5.34. The van der Waals surface area contributed by atoms with Gasteiger partial charge in [-0.15, -0.1) is 0 Å². The van der Waals surface area contributed by atoms with Crippen molar-refractivity contribution >= 4 is 11.7 Å². The van der Waals surface area contributed by atoms with Crippen molar-refractivity contribution < 1.29 is 9.18 Å². The fraction of sp³-hybridized carbons (Fsp3) is 0.267. The molecule has 1 heterocycles. The maximum Gasteiger partial charge on any atom is 0.347 e. The number of hydrogen-bond acceptors (Lipinski definition) is 3. The van der Waals surface area contributed by atoms with Crippen LogP contribution in [-0.4, -0.2) is 15.9 Å². The van der Waals surface area contributed by atoms with Crippen LogP contribution in [0.15, 0.2) is 35.1 Å². The smallest absolute Gasteiger partial charge is 0.310 e. The molecule has 0 unspecified atom stereocenters. The molecule has 0 atom stereocenters. The van der Waals surface area contributed by atoms with E-state index in [1.54, 1.807) is 39.0 Å². The number of amides is 1. The zero-order chi connectivity index (χ0) is 15.6. The van der Waals surface area contributed by atoms with Gasteiger partial charge in [0.15, 0.2) is 0 Å². The molecule has 0 saturated carbocycles. The number of carbonyl (C=O) groups is 1. The topological polar surface area (TPSA) is 74.8 Å². The van der Waals surface area contributed by atoms with Crippen LogP contribution in [0.25, 0.3) is 0 Å². The molecule has 21 heavy (non-hydrogen) atoms. The van der Waals surface area contributed by atoms with Crippen LogP contribution in [0.3, 0.4) is 0 Å². The molecular weight excluding hydrogens is 273 g/mol. The van der Waals surface area contributed by atoms with Crippen molar-refractivity contribution in [3.05, 3.63) is 57.9 Å². The third kappa shape index (κ3) is 3.34. The van der Waals surface area contributed by atoms with Crippen molar-refractivity contribution in [3.63, 3.8) is 0 Å². The summed E-state index contributed by atoms with van der Waals surface area (Å²) in [6.07, 6.45) is 0. The van der Waals surface area contributed by atoms with Crippen molar-refractivity contribution in [1.82, 2.24) is 9.97 Å². The summed E-state index contributed by atoms with van der Waals surface area (Å²) in [5.74, 6) is -0.495. The third-order valence-corrected chi connectivity index (χ3v) is 3.25. The van der Waals surface area contributed by atoms with Crippen molar-refractivity contribution in [2.24, 2.45) is 0 Å². The fourth-order valence-corrected chi connectivity index (χ4v) is 1.91. The fourth-order valence-electron chi connectivity index (χ4n) is 1.91. The van der Waals surface area contributed by atoms with Gasteiger partial charge in [0.25, 0.3) is 0 Å². The molecule has 110 valence electrons. The van der Waals surface area contributed by atoms with Gasteiger partial charge in [-0.2, -0.15) is 4.98 Å². The van der Waals surface area contributed by atoms with Crippen molar-refractivity contribution in [1.29, 1.82) is 0 Å². The van der Waals surface area contributed by atoms with Crippen LogP contribution in [0.2, 0.25) is 0 Å². The first-order valence-corrected chi connectivity index (χ1v) is 6.44. The molecule has 2 N–H and O–H groups in total. The molecule has 2 rings (SSSR count). The van der Waals surface area contributed by atoms with Gasteiger partial charge in [0.05, 0.1) is 5.41 Å². The summed E-state index contributed by atoms with van der Waals surface area (Å²) in [6.45, 7) is 5.13. The van der Waals surface area contributed by atoms with Gasteiger partial charge >= 0.3 is 5.69 Å². The van der Waals surface area contributed by atoms with E-state index in [-0.39, 0.29) is 17.5 Å². The lowest BCUT2D eigenvalue weighted by Gasteiger charge is -2.23. The maximum atomic E-state index is 13.0. The Morgan fingerprint density at radius 3 is 2.48 bits per heavy atom. The van der Waals surface area contributed by atoms with Crippen LogP contribution in [0.5, 0.6) is 0 Å². The van der Waals surface area contributed by atoms with E-state index in [1.807, 2.05) is 0 Å². The van der Waals surface area contributed by atoms with E-state index in [0.717, 1.165) is 0 Å². The largest absolute Gasteiger partial charge is 0.347 e. The van der Waals surface area contributed by atoms with Gasteiger partial charge in [0.2, 0.25) is 5.91 Å². The predicted octanol–water partition coefficient (Wildman–Crippen LogP) is 2.13. The second kappa shape index (κ2) is 5.47. The SMILES string of the molecule is Cc1cc(NC(=O)C(C)(C)c2ccc(F)cc2)nc(=O)[nH]1. The van der Waals surface area contributed by atoms with E-state index >= 15 is 0 Å². The van der Waals surface area contributed by atoms with Crippen LogP contribution in [0.4, 0.5) is 10.2 Å². The number of nitrogens with zero attached hydrogens (tertiary/aromatic N) is 1. The number of aromatic amines is 1. The van der Waals surface area contributed by atoms with Gasteiger partial charge in [-0.05, 0) is 38.5 Å². The average molecular weight is 289 g/mol. The molecule has 1 aromatic heterocycles. The molecule has 6 heteroatoms. The van der Waals surface area contributed by atoms with Crippen molar-refractivity contribution in [2.75, 3.05) is 5.32 Å². The second-order valence-electron chi connectivity index (χ2n) is 5.34. The molecule has 0 aliphatic carbocycles. The lowest BCUT2D eigenvalue weighted by Crippen LogP contribution is -2.35. The number of rotatable bonds is 3. The Hall–Kier alpha value is -2.50. The molecule has 0 bridgehead atoms. The van der Waals surface area contributed by atoms with Crippen LogP contribution in [0.1, 0.15) is 25.1 Å². The molecule has 5 nitrogen and oxygen atoms in total. The van der Waals surface area contributed by atoms with Crippen LogP contribution in [0, 0.1) is 12.7 Å². The number of benzene rings is 1. The number of aromatic nitrogens is 2. The first kappa shape index (κ1) is 14.9. The summed E-state index contributed by atoms with van der Waals surface area (Å²) in [7, 11) is 0. The van der Waals surface area contributed by atoms with Crippen molar-refractivity contribution in [2.45, 2.75) is 26.2 Å². The molecule has 0 spiro atoms. The number of halogens is 1. The van der Waals surface area contributed by atoms with Gasteiger partial charge in [-0.25, -0.2) is 9.18 Å². The average Bonchev–Trinajstić information content (AvgIpc) is 2.37. The minimum Gasteiger partial charge on any atom is -0.310 e. The first-order chi connectivity index (χ1) is 9.79. The maximum absolute atomic E-state index is 13.0. The minimum atomic E-state index is -0.883. The standard InChI is InChI=1S/C15H16FN3O2/c1-9-8-12(19-14(21)17-9)18-13(20)15(2,3)10-4-6-11(16)7-5-10/h4-8H,1-3H3,(H2,17,18,19,20,21). The molecular formula is C15H16FN3O2. The number of hydrogen-bond donors (Lipinski definition) is 2. The van der Waals surface area contributed by atoms with E-state index < -0.39 is 11.1 Å². The summed E-state index contributed by atoms with van der Waals surface area (Å²) in [5.41, 5.74) is -0.135. The number of nitrogens with one attached hydrogen (secondary N) is 2. The Bertz CT molecular complexity index is 720. The summed E-state index contributed by atoms with van der Waals surface area (Å²) in [5, 5.41) is 2.61. The number of H-pyrrole nitrogens is 1. The Balaban J connectivity index is 2.25. The molecule has 0 aliphatic rings. The highest BCUT2D eigenvalue weighted by molar-refractivity contribution is 5.97. The Kier molecular flexibility index (Phi) is 3.88. The predicted molar refractivity (Wildman–Crippen MR) is 77.7 cm³/mol. The molecule has 0 radical (unpaired) electrons. The van der Waals surface area contributed by atoms with E-state index in [2.05, 4.69) is 15.3 Å². The van der Waals surface area contributed by atoms with Gasteiger partial charge in [0, 0.05) is 11.8 Å². The number of anilines is 1. The van der Waals surface area contributed by atoms with Gasteiger partial charge < -0.3 is 10.3 Å². The molecule has 0 saturated heterocycles. The quantitative estimate of drug-likeness (QED) is 0.909. The molecule has 1 amide bonds. The van der Waals surface area contributed by atoms with Crippen LogP contribution >= 0.6 is 0 Å². The Morgan fingerprint density at radius 1 is 1.29 bits per heavy atom. The lowest BCUT2D eigenvalue weighted by molar-refractivity contribution is -0.120. The monoisotopic (exact) mass is 289 g/mol. The number of aryl methyl sites for hydroxylation is 1.